The number of hydrogen-bond donors (Lipinski definition) is 1. The molecule has 0 radical (unpaired) electrons. The zero-order valence-electron chi connectivity index (χ0n) is 18.4. The van der Waals surface area contributed by atoms with Crippen LogP contribution in [0.15, 0.2) is 42.5 Å². The van der Waals surface area contributed by atoms with Gasteiger partial charge >= 0.3 is 12.2 Å². The summed E-state index contributed by atoms with van der Waals surface area (Å²) in [6.45, 7) is -0.159. The fourth-order valence-electron chi connectivity index (χ4n) is 4.12. The van der Waals surface area contributed by atoms with Crippen LogP contribution in [0.4, 0.5) is 22.4 Å². The smallest absolute Gasteiger partial charge is 0.381 e. The molecule has 2 aliphatic heterocycles. The molecule has 4 rings (SSSR count). The Morgan fingerprint density at radius 3 is 2.35 bits per heavy atom. The largest absolute Gasteiger partial charge is 0.406 e. The molecule has 10 heteroatoms. The van der Waals surface area contributed by atoms with E-state index in [1.165, 1.54) is 6.07 Å². The highest BCUT2D eigenvalue weighted by atomic mass is 19.4. The van der Waals surface area contributed by atoms with Crippen molar-refractivity contribution in [1.29, 1.82) is 0 Å². The van der Waals surface area contributed by atoms with E-state index in [0.29, 0.717) is 36.9 Å². The molecule has 2 heterocycles. The number of nitrogens with zero attached hydrogens (tertiary/aromatic N) is 2. The number of urea groups is 1. The van der Waals surface area contributed by atoms with Gasteiger partial charge in [0.25, 0.3) is 5.91 Å². The quantitative estimate of drug-likeness (QED) is 0.480. The van der Waals surface area contributed by atoms with Gasteiger partial charge < -0.3 is 15.0 Å². The van der Waals surface area contributed by atoms with Gasteiger partial charge in [0.2, 0.25) is 0 Å². The Morgan fingerprint density at radius 2 is 1.68 bits per heavy atom. The first-order valence-electron chi connectivity index (χ1n) is 11.0. The lowest BCUT2D eigenvalue weighted by atomic mass is 10.0. The van der Waals surface area contributed by atoms with Crippen molar-refractivity contribution in [3.8, 4) is 11.1 Å². The summed E-state index contributed by atoms with van der Waals surface area (Å²) in [4.78, 5) is 25.4. The maximum absolute atomic E-state index is 14.3. The maximum Gasteiger partial charge on any atom is 0.406 e. The second kappa shape index (κ2) is 10.1. The number of imide groups is 1. The minimum atomic E-state index is -4.64. The standard InChI is InChI=1S/C24H25F4N3O3/c25-21-6-5-18(11-19(21)12-29-20-7-9-34-10-8-20)17-3-1-16(2-4-17)13-30-14-22(32)31(23(30)33)15-24(26,27)28/h1-6,11,20,29H,7-10,12-15H2. The number of amides is 3. The van der Waals surface area contributed by atoms with E-state index in [1.54, 1.807) is 36.4 Å². The van der Waals surface area contributed by atoms with Crippen molar-refractivity contribution in [1.82, 2.24) is 15.1 Å². The molecule has 2 saturated heterocycles. The second-order valence-corrected chi connectivity index (χ2v) is 8.50. The average Bonchev–Trinajstić information content (AvgIpc) is 3.06. The normalized spacial score (nSPS) is 17.6. The topological polar surface area (TPSA) is 61.9 Å². The zero-order chi connectivity index (χ0) is 24.3. The number of benzene rings is 2. The van der Waals surface area contributed by atoms with Gasteiger partial charge in [-0.05, 0) is 41.7 Å². The molecule has 2 aromatic rings. The van der Waals surface area contributed by atoms with E-state index in [4.69, 9.17) is 4.74 Å². The van der Waals surface area contributed by atoms with Gasteiger partial charge in [-0.15, -0.1) is 0 Å². The molecule has 34 heavy (non-hydrogen) atoms. The summed E-state index contributed by atoms with van der Waals surface area (Å²) in [6.07, 6.45) is -2.86. The molecule has 3 amide bonds. The minimum Gasteiger partial charge on any atom is -0.381 e. The molecule has 0 aromatic heterocycles. The van der Waals surface area contributed by atoms with Crippen molar-refractivity contribution in [3.05, 3.63) is 59.4 Å². The Hall–Kier alpha value is -2.98. The minimum absolute atomic E-state index is 0.0168. The molecule has 2 aliphatic rings. The van der Waals surface area contributed by atoms with Crippen LogP contribution < -0.4 is 5.32 Å². The van der Waals surface area contributed by atoms with Crippen LogP contribution in [-0.4, -0.2) is 60.3 Å². The van der Waals surface area contributed by atoms with Crippen molar-refractivity contribution in [2.45, 2.75) is 38.1 Å². The first kappa shape index (κ1) is 24.2. The summed E-state index contributed by atoms with van der Waals surface area (Å²) in [5, 5.41) is 3.37. The highest BCUT2D eigenvalue weighted by molar-refractivity contribution is 6.02. The summed E-state index contributed by atoms with van der Waals surface area (Å²) in [5.74, 6) is -1.16. The summed E-state index contributed by atoms with van der Waals surface area (Å²) in [7, 11) is 0. The zero-order valence-corrected chi connectivity index (χ0v) is 18.4. The van der Waals surface area contributed by atoms with E-state index in [1.807, 2.05) is 0 Å². The molecule has 2 fully saturated rings. The lowest BCUT2D eigenvalue weighted by Crippen LogP contribution is -2.39. The number of carbonyl (C=O) groups excluding carboxylic acids is 2. The Kier molecular flexibility index (Phi) is 7.18. The van der Waals surface area contributed by atoms with Gasteiger partial charge in [-0.3, -0.25) is 9.69 Å². The predicted molar refractivity (Wildman–Crippen MR) is 116 cm³/mol. The van der Waals surface area contributed by atoms with E-state index in [2.05, 4.69) is 5.32 Å². The maximum atomic E-state index is 14.3. The molecule has 0 atom stereocenters. The van der Waals surface area contributed by atoms with Gasteiger partial charge in [-0.25, -0.2) is 9.18 Å². The molecule has 2 aromatic carbocycles. The molecule has 182 valence electrons. The van der Waals surface area contributed by atoms with Gasteiger partial charge in [0.1, 0.15) is 18.9 Å². The first-order valence-corrected chi connectivity index (χ1v) is 11.0. The van der Waals surface area contributed by atoms with Gasteiger partial charge in [-0.1, -0.05) is 30.3 Å². The van der Waals surface area contributed by atoms with Crippen molar-refractivity contribution in [2.24, 2.45) is 0 Å². The fourth-order valence-corrected chi connectivity index (χ4v) is 4.12. The van der Waals surface area contributed by atoms with Crippen molar-refractivity contribution >= 4 is 11.9 Å². The Balaban J connectivity index is 1.40. The first-order chi connectivity index (χ1) is 16.2. The van der Waals surface area contributed by atoms with Crippen LogP contribution in [0, 0.1) is 5.82 Å². The van der Waals surface area contributed by atoms with Gasteiger partial charge in [0.15, 0.2) is 0 Å². The number of halogens is 4. The number of carbonyl (C=O) groups is 2. The van der Waals surface area contributed by atoms with Gasteiger partial charge in [0.05, 0.1) is 0 Å². The van der Waals surface area contributed by atoms with Crippen LogP contribution in [0.1, 0.15) is 24.0 Å². The number of hydrogen-bond acceptors (Lipinski definition) is 4. The Labute approximate surface area is 194 Å². The molecular formula is C24H25F4N3O3. The van der Waals surface area contributed by atoms with Crippen molar-refractivity contribution in [2.75, 3.05) is 26.3 Å². The average molecular weight is 479 g/mol. The third-order valence-electron chi connectivity index (χ3n) is 5.97. The lowest BCUT2D eigenvalue weighted by Gasteiger charge is -2.23. The fraction of sp³-hybridized carbons (Fsp3) is 0.417. The summed E-state index contributed by atoms with van der Waals surface area (Å²) in [6, 6.07) is 11.3. The van der Waals surface area contributed by atoms with Crippen LogP contribution in [0.2, 0.25) is 0 Å². The number of rotatable bonds is 7. The SMILES string of the molecule is O=C1CN(Cc2ccc(-c3ccc(F)c(CNC4CCOCC4)c3)cc2)C(=O)N1CC(F)(F)F. The van der Waals surface area contributed by atoms with Crippen LogP contribution in [0.5, 0.6) is 0 Å². The summed E-state index contributed by atoms with van der Waals surface area (Å²) >= 11 is 0. The van der Waals surface area contributed by atoms with Crippen LogP contribution in [0.25, 0.3) is 11.1 Å². The molecule has 0 bridgehead atoms. The summed E-state index contributed by atoms with van der Waals surface area (Å²) < 4.78 is 57.5. The molecule has 0 aliphatic carbocycles. The Morgan fingerprint density at radius 1 is 1.00 bits per heavy atom. The van der Waals surface area contributed by atoms with E-state index in [-0.39, 0.29) is 17.3 Å². The van der Waals surface area contributed by atoms with Crippen LogP contribution in [0.3, 0.4) is 0 Å². The molecule has 0 saturated carbocycles. The van der Waals surface area contributed by atoms with Crippen molar-refractivity contribution < 1.29 is 31.9 Å². The number of nitrogens with one attached hydrogen (secondary N) is 1. The van der Waals surface area contributed by atoms with E-state index in [9.17, 15) is 27.2 Å². The van der Waals surface area contributed by atoms with Crippen molar-refractivity contribution in [3.63, 3.8) is 0 Å². The molecule has 6 nitrogen and oxygen atoms in total. The second-order valence-electron chi connectivity index (χ2n) is 8.50. The van der Waals surface area contributed by atoms with Gasteiger partial charge in [0, 0.05) is 37.9 Å². The number of alkyl halides is 3. The third kappa shape index (κ3) is 5.92. The molecule has 0 unspecified atom stereocenters. The highest BCUT2D eigenvalue weighted by Gasteiger charge is 2.42. The highest BCUT2D eigenvalue weighted by Crippen LogP contribution is 2.25. The Bertz CT molecular complexity index is 1040. The molecule has 0 spiro atoms. The molecule has 1 N–H and O–H groups in total. The summed E-state index contributed by atoms with van der Waals surface area (Å²) in [5.41, 5.74) is 2.88. The number of ether oxygens (including phenoxy) is 1. The van der Waals surface area contributed by atoms with E-state index in [0.717, 1.165) is 28.9 Å². The van der Waals surface area contributed by atoms with E-state index < -0.39 is 31.2 Å². The van der Waals surface area contributed by atoms with Gasteiger partial charge in [-0.2, -0.15) is 13.2 Å². The lowest BCUT2D eigenvalue weighted by molar-refractivity contribution is -0.151. The monoisotopic (exact) mass is 479 g/mol. The van der Waals surface area contributed by atoms with E-state index >= 15 is 0 Å². The predicted octanol–water partition coefficient (Wildman–Crippen LogP) is 4.09. The molecular weight excluding hydrogens is 454 g/mol. The van der Waals surface area contributed by atoms with Crippen LogP contribution >= 0.6 is 0 Å². The van der Waals surface area contributed by atoms with Crippen LogP contribution in [-0.2, 0) is 22.6 Å². The third-order valence-corrected chi connectivity index (χ3v) is 5.97.